The molecule has 3 rings (SSSR count). The largest absolute Gasteiger partial charge is 0.496 e. The molecule has 0 aliphatic heterocycles. The minimum atomic E-state index is -0.366. The lowest BCUT2D eigenvalue weighted by Crippen LogP contribution is -2.03. The summed E-state index contributed by atoms with van der Waals surface area (Å²) in [7, 11) is 1.51. The Kier molecular flexibility index (Phi) is 3.22. The van der Waals surface area contributed by atoms with E-state index in [1.807, 2.05) is 13.0 Å². The molecule has 3 aromatic rings. The summed E-state index contributed by atoms with van der Waals surface area (Å²) >= 11 is 0. The van der Waals surface area contributed by atoms with Crippen molar-refractivity contribution in [3.05, 3.63) is 65.2 Å². The molecule has 0 N–H and O–H groups in total. The normalized spacial score (nSPS) is 10.8. The van der Waals surface area contributed by atoms with E-state index in [0.717, 1.165) is 5.56 Å². The highest BCUT2D eigenvalue weighted by atomic mass is 19.1. The number of carbonyl (C=O) groups excluding carboxylic acids is 1. The third kappa shape index (κ3) is 2.40. The molecule has 0 atom stereocenters. The van der Waals surface area contributed by atoms with Crippen LogP contribution in [0.3, 0.4) is 0 Å². The monoisotopic (exact) mass is 284 g/mol. The van der Waals surface area contributed by atoms with Gasteiger partial charge in [0.1, 0.15) is 17.1 Å². The summed E-state index contributed by atoms with van der Waals surface area (Å²) in [6.07, 6.45) is 0. The highest BCUT2D eigenvalue weighted by Crippen LogP contribution is 2.26. The molecule has 0 aliphatic carbocycles. The van der Waals surface area contributed by atoms with Crippen molar-refractivity contribution in [1.29, 1.82) is 0 Å². The van der Waals surface area contributed by atoms with Crippen LogP contribution in [-0.4, -0.2) is 12.9 Å². The van der Waals surface area contributed by atoms with E-state index in [9.17, 15) is 9.18 Å². The number of aryl methyl sites for hydroxylation is 1. The summed E-state index contributed by atoms with van der Waals surface area (Å²) in [4.78, 5) is 12.5. The molecule has 106 valence electrons. The van der Waals surface area contributed by atoms with Gasteiger partial charge in [0.2, 0.25) is 5.78 Å². The number of hydrogen-bond acceptors (Lipinski definition) is 3. The van der Waals surface area contributed by atoms with Crippen molar-refractivity contribution in [3.63, 3.8) is 0 Å². The maximum absolute atomic E-state index is 13.2. The van der Waals surface area contributed by atoms with Gasteiger partial charge in [-0.2, -0.15) is 0 Å². The van der Waals surface area contributed by atoms with Gasteiger partial charge in [0.15, 0.2) is 5.76 Å². The van der Waals surface area contributed by atoms with Crippen molar-refractivity contribution in [3.8, 4) is 5.75 Å². The quantitative estimate of drug-likeness (QED) is 0.679. The molecule has 0 fully saturated rings. The number of hydrogen-bond donors (Lipinski definition) is 0. The van der Waals surface area contributed by atoms with E-state index >= 15 is 0 Å². The SMILES string of the molecule is COc1cc(C)ccc1C(=O)c1cc2cc(F)ccc2o1. The van der Waals surface area contributed by atoms with E-state index in [2.05, 4.69) is 0 Å². The number of fused-ring (bicyclic) bond motifs is 1. The first-order valence-corrected chi connectivity index (χ1v) is 6.47. The Morgan fingerprint density at radius 3 is 2.71 bits per heavy atom. The van der Waals surface area contributed by atoms with E-state index in [4.69, 9.17) is 9.15 Å². The molecule has 0 aliphatic rings. The lowest BCUT2D eigenvalue weighted by Gasteiger charge is -2.07. The molecule has 0 saturated heterocycles. The van der Waals surface area contributed by atoms with E-state index in [1.54, 1.807) is 18.2 Å². The molecule has 4 heteroatoms. The second-order valence-corrected chi connectivity index (χ2v) is 4.83. The number of ketones is 1. The van der Waals surface area contributed by atoms with Crippen LogP contribution in [0.1, 0.15) is 21.7 Å². The van der Waals surface area contributed by atoms with Crippen molar-refractivity contribution in [2.24, 2.45) is 0 Å². The predicted octanol–water partition coefficient (Wildman–Crippen LogP) is 4.12. The van der Waals surface area contributed by atoms with Gasteiger partial charge >= 0.3 is 0 Å². The fourth-order valence-electron chi connectivity index (χ4n) is 2.24. The van der Waals surface area contributed by atoms with Gasteiger partial charge < -0.3 is 9.15 Å². The van der Waals surface area contributed by atoms with Crippen LogP contribution in [0.5, 0.6) is 5.75 Å². The van der Waals surface area contributed by atoms with Gasteiger partial charge in [-0.15, -0.1) is 0 Å². The summed E-state index contributed by atoms with van der Waals surface area (Å²) < 4.78 is 23.9. The second-order valence-electron chi connectivity index (χ2n) is 4.83. The van der Waals surface area contributed by atoms with Crippen LogP contribution in [0.15, 0.2) is 46.9 Å². The second kappa shape index (κ2) is 5.05. The lowest BCUT2D eigenvalue weighted by atomic mass is 10.1. The van der Waals surface area contributed by atoms with Crippen LogP contribution in [0, 0.1) is 12.7 Å². The third-order valence-electron chi connectivity index (χ3n) is 3.30. The molecule has 0 radical (unpaired) electrons. The average Bonchev–Trinajstić information content (AvgIpc) is 2.89. The number of benzene rings is 2. The van der Waals surface area contributed by atoms with Crippen molar-refractivity contribution < 1.29 is 18.3 Å². The molecule has 21 heavy (non-hydrogen) atoms. The fourth-order valence-corrected chi connectivity index (χ4v) is 2.24. The number of furan rings is 1. The molecular formula is C17H13FO3. The Bertz CT molecular complexity index is 833. The Balaban J connectivity index is 2.08. The zero-order valence-electron chi connectivity index (χ0n) is 11.6. The molecule has 0 unspecified atom stereocenters. The number of carbonyl (C=O) groups is 1. The van der Waals surface area contributed by atoms with E-state index in [-0.39, 0.29) is 17.4 Å². The van der Waals surface area contributed by atoms with E-state index in [1.165, 1.54) is 25.3 Å². The topological polar surface area (TPSA) is 39.4 Å². The molecule has 0 spiro atoms. The molecule has 3 nitrogen and oxygen atoms in total. The molecule has 1 heterocycles. The van der Waals surface area contributed by atoms with Gasteiger partial charge in [-0.3, -0.25) is 4.79 Å². The van der Waals surface area contributed by atoms with Crippen LogP contribution < -0.4 is 4.74 Å². The van der Waals surface area contributed by atoms with Crippen molar-refractivity contribution in [2.45, 2.75) is 6.92 Å². The fraction of sp³-hybridized carbons (Fsp3) is 0.118. The number of rotatable bonds is 3. The molecule has 0 amide bonds. The first kappa shape index (κ1) is 13.4. The smallest absolute Gasteiger partial charge is 0.231 e. The molecule has 0 bridgehead atoms. The van der Waals surface area contributed by atoms with Crippen LogP contribution >= 0.6 is 0 Å². The summed E-state index contributed by atoms with van der Waals surface area (Å²) in [6, 6.07) is 11.0. The van der Waals surface area contributed by atoms with E-state index < -0.39 is 0 Å². The van der Waals surface area contributed by atoms with Crippen molar-refractivity contribution >= 4 is 16.8 Å². The van der Waals surface area contributed by atoms with Gasteiger partial charge in [-0.25, -0.2) is 4.39 Å². The minimum Gasteiger partial charge on any atom is -0.496 e. The number of methoxy groups -OCH3 is 1. The van der Waals surface area contributed by atoms with Crippen molar-refractivity contribution in [1.82, 2.24) is 0 Å². The summed E-state index contributed by atoms with van der Waals surface area (Å²) in [5, 5.41) is 0.560. The van der Waals surface area contributed by atoms with Gasteiger partial charge in [0.05, 0.1) is 12.7 Å². The average molecular weight is 284 g/mol. The molecule has 1 aromatic heterocycles. The lowest BCUT2D eigenvalue weighted by molar-refractivity contribution is 0.101. The summed E-state index contributed by atoms with van der Waals surface area (Å²) in [5.41, 5.74) is 1.89. The van der Waals surface area contributed by atoms with Crippen molar-refractivity contribution in [2.75, 3.05) is 7.11 Å². The maximum Gasteiger partial charge on any atom is 0.231 e. The third-order valence-corrected chi connectivity index (χ3v) is 3.30. The first-order chi connectivity index (χ1) is 10.1. The molecule has 0 saturated carbocycles. The zero-order valence-corrected chi connectivity index (χ0v) is 11.6. The Morgan fingerprint density at radius 1 is 1.14 bits per heavy atom. The first-order valence-electron chi connectivity index (χ1n) is 6.47. The minimum absolute atomic E-state index is 0.165. The zero-order chi connectivity index (χ0) is 15.0. The number of halogens is 1. The van der Waals surface area contributed by atoms with Gasteiger partial charge in [-0.1, -0.05) is 6.07 Å². The standard InChI is InChI=1S/C17H13FO3/c1-10-3-5-13(15(7-10)20-2)17(19)16-9-11-8-12(18)4-6-14(11)21-16/h3-9H,1-2H3. The molecule has 2 aromatic carbocycles. The van der Waals surface area contributed by atoms with Crippen LogP contribution in [0.4, 0.5) is 4.39 Å². The Labute approximate surface area is 120 Å². The Hall–Kier alpha value is -2.62. The van der Waals surface area contributed by atoms with Crippen LogP contribution in [-0.2, 0) is 0 Å². The van der Waals surface area contributed by atoms with Crippen LogP contribution in [0.25, 0.3) is 11.0 Å². The van der Waals surface area contributed by atoms with Crippen LogP contribution in [0.2, 0.25) is 0 Å². The number of ether oxygens (including phenoxy) is 1. The van der Waals surface area contributed by atoms with Gasteiger partial charge in [0, 0.05) is 5.39 Å². The summed E-state index contributed by atoms with van der Waals surface area (Å²) in [5.74, 6) is 0.00284. The molecular weight excluding hydrogens is 271 g/mol. The van der Waals surface area contributed by atoms with Gasteiger partial charge in [-0.05, 0) is 48.9 Å². The highest BCUT2D eigenvalue weighted by Gasteiger charge is 2.18. The summed E-state index contributed by atoms with van der Waals surface area (Å²) in [6.45, 7) is 1.92. The van der Waals surface area contributed by atoms with E-state index in [0.29, 0.717) is 22.3 Å². The Morgan fingerprint density at radius 2 is 1.95 bits per heavy atom. The maximum atomic E-state index is 13.2. The highest BCUT2D eigenvalue weighted by molar-refractivity contribution is 6.10. The van der Waals surface area contributed by atoms with Gasteiger partial charge in [0.25, 0.3) is 0 Å². The predicted molar refractivity (Wildman–Crippen MR) is 77.3 cm³/mol.